The second-order valence-corrected chi connectivity index (χ2v) is 7.53. The van der Waals surface area contributed by atoms with Crippen LogP contribution in [-0.2, 0) is 11.3 Å². The molecule has 0 aliphatic carbocycles. The van der Waals surface area contributed by atoms with Crippen molar-refractivity contribution in [2.75, 3.05) is 6.61 Å². The smallest absolute Gasteiger partial charge is 0.220 e. The van der Waals surface area contributed by atoms with Gasteiger partial charge in [-0.2, -0.15) is 0 Å². The fourth-order valence-electron chi connectivity index (χ4n) is 3.64. The molecule has 0 saturated carbocycles. The zero-order chi connectivity index (χ0) is 20.8. The summed E-state index contributed by atoms with van der Waals surface area (Å²) in [5, 5.41) is 3.04. The molecule has 1 aromatic heterocycles. The number of fused-ring (bicyclic) bond motifs is 1. The van der Waals surface area contributed by atoms with Crippen LogP contribution < -0.4 is 10.1 Å². The van der Waals surface area contributed by atoms with Crippen LogP contribution in [0.1, 0.15) is 56.1 Å². The Morgan fingerprint density at radius 3 is 2.55 bits per heavy atom. The number of hydrogen-bond donors (Lipinski definition) is 1. The van der Waals surface area contributed by atoms with E-state index in [2.05, 4.69) is 48.0 Å². The van der Waals surface area contributed by atoms with Crippen molar-refractivity contribution in [1.29, 1.82) is 0 Å². The van der Waals surface area contributed by atoms with Crippen LogP contribution in [0.5, 0.6) is 5.75 Å². The number of amides is 1. The maximum atomic E-state index is 11.8. The fourth-order valence-corrected chi connectivity index (χ4v) is 3.64. The molecule has 0 saturated heterocycles. The summed E-state index contributed by atoms with van der Waals surface area (Å²) in [5.74, 6) is 1.94. The number of aryl methyl sites for hydroxylation is 3. The summed E-state index contributed by atoms with van der Waals surface area (Å²) >= 11 is 0. The number of nitrogens with one attached hydrogen (secondary N) is 1. The number of carbonyl (C=O) groups excluding carboxylic acids is 1. The zero-order valence-corrected chi connectivity index (χ0v) is 17.9. The van der Waals surface area contributed by atoms with Gasteiger partial charge in [-0.05, 0) is 56.9 Å². The molecule has 1 amide bonds. The van der Waals surface area contributed by atoms with Crippen LogP contribution in [0.25, 0.3) is 11.0 Å². The molecule has 2 aromatic carbocycles. The van der Waals surface area contributed by atoms with Gasteiger partial charge in [0.25, 0.3) is 0 Å². The van der Waals surface area contributed by atoms with Crippen molar-refractivity contribution in [2.45, 2.75) is 59.5 Å². The Morgan fingerprint density at radius 2 is 1.83 bits per heavy atom. The van der Waals surface area contributed by atoms with Gasteiger partial charge in [0, 0.05) is 13.0 Å². The second-order valence-electron chi connectivity index (χ2n) is 7.53. The van der Waals surface area contributed by atoms with E-state index in [1.807, 2.05) is 32.0 Å². The number of carbonyl (C=O) groups is 1. The monoisotopic (exact) mass is 393 g/mol. The zero-order valence-electron chi connectivity index (χ0n) is 17.9. The van der Waals surface area contributed by atoms with E-state index >= 15 is 0 Å². The van der Waals surface area contributed by atoms with Gasteiger partial charge in [-0.15, -0.1) is 0 Å². The lowest BCUT2D eigenvalue weighted by molar-refractivity contribution is -0.121. The van der Waals surface area contributed by atoms with Gasteiger partial charge in [0.1, 0.15) is 11.6 Å². The van der Waals surface area contributed by atoms with Crippen LogP contribution >= 0.6 is 0 Å². The first-order chi connectivity index (χ1) is 14.0. The van der Waals surface area contributed by atoms with E-state index in [0.29, 0.717) is 13.0 Å². The number of unbranched alkanes of at least 4 members (excludes halogenated alkanes) is 1. The molecule has 1 heterocycles. The third kappa shape index (κ3) is 4.97. The molecule has 0 aliphatic heterocycles. The van der Waals surface area contributed by atoms with Crippen LogP contribution in [0.15, 0.2) is 42.5 Å². The number of para-hydroxylation sites is 3. The Labute approximate surface area is 173 Å². The van der Waals surface area contributed by atoms with Crippen LogP contribution in [0.2, 0.25) is 0 Å². The van der Waals surface area contributed by atoms with Crippen LogP contribution in [0.4, 0.5) is 0 Å². The van der Waals surface area contributed by atoms with Crippen molar-refractivity contribution in [1.82, 2.24) is 14.9 Å². The highest BCUT2D eigenvalue weighted by Crippen LogP contribution is 2.24. The average Bonchev–Trinajstić information content (AvgIpc) is 3.08. The van der Waals surface area contributed by atoms with Crippen molar-refractivity contribution in [2.24, 2.45) is 0 Å². The number of benzene rings is 2. The third-order valence-electron chi connectivity index (χ3n) is 5.20. The highest BCUT2D eigenvalue weighted by molar-refractivity contribution is 5.77. The molecule has 5 nitrogen and oxygen atoms in total. The van der Waals surface area contributed by atoms with Crippen LogP contribution in [-0.4, -0.2) is 22.1 Å². The van der Waals surface area contributed by atoms with Gasteiger partial charge < -0.3 is 14.6 Å². The third-order valence-corrected chi connectivity index (χ3v) is 5.20. The molecule has 0 radical (unpaired) electrons. The molecule has 3 aromatic rings. The van der Waals surface area contributed by atoms with Gasteiger partial charge in [-0.1, -0.05) is 37.3 Å². The van der Waals surface area contributed by atoms with E-state index < -0.39 is 0 Å². The summed E-state index contributed by atoms with van der Waals surface area (Å²) in [6, 6.07) is 14.2. The van der Waals surface area contributed by atoms with Gasteiger partial charge in [-0.25, -0.2) is 4.98 Å². The van der Waals surface area contributed by atoms with E-state index in [1.54, 1.807) is 0 Å². The van der Waals surface area contributed by atoms with Gasteiger partial charge in [0.2, 0.25) is 5.91 Å². The van der Waals surface area contributed by atoms with E-state index in [1.165, 1.54) is 11.1 Å². The molecule has 1 unspecified atom stereocenters. The molecular weight excluding hydrogens is 362 g/mol. The average molecular weight is 394 g/mol. The Hall–Kier alpha value is -2.82. The molecule has 29 heavy (non-hydrogen) atoms. The molecule has 1 atom stereocenters. The Morgan fingerprint density at radius 1 is 1.10 bits per heavy atom. The number of hydrogen-bond acceptors (Lipinski definition) is 3. The summed E-state index contributed by atoms with van der Waals surface area (Å²) in [6.07, 6.45) is 2.41. The molecule has 0 bridgehead atoms. The van der Waals surface area contributed by atoms with Crippen molar-refractivity contribution in [3.63, 3.8) is 0 Å². The fraction of sp³-hybridized carbons (Fsp3) is 0.417. The first-order valence-electron chi connectivity index (χ1n) is 10.4. The lowest BCUT2D eigenvalue weighted by Crippen LogP contribution is -2.28. The van der Waals surface area contributed by atoms with Gasteiger partial charge in [0.05, 0.1) is 23.7 Å². The van der Waals surface area contributed by atoms with E-state index in [9.17, 15) is 4.79 Å². The largest absolute Gasteiger partial charge is 0.493 e. The normalized spacial score (nSPS) is 12.1. The summed E-state index contributed by atoms with van der Waals surface area (Å²) in [6.45, 7) is 9.56. The quantitative estimate of drug-likeness (QED) is 0.515. The van der Waals surface area contributed by atoms with Gasteiger partial charge in [-0.3, -0.25) is 4.79 Å². The number of rotatable bonds is 9. The predicted molar refractivity (Wildman–Crippen MR) is 117 cm³/mol. The first-order valence-corrected chi connectivity index (χ1v) is 10.4. The predicted octanol–water partition coefficient (Wildman–Crippen LogP) is 5.10. The minimum Gasteiger partial charge on any atom is -0.493 e. The SMILES string of the molecule is CCC(=O)NC(C)c1nc2ccccc2n1CCCCOc1c(C)cccc1C. The first kappa shape index (κ1) is 20.9. The lowest BCUT2D eigenvalue weighted by atomic mass is 10.1. The minimum atomic E-state index is -0.124. The molecule has 154 valence electrons. The van der Waals surface area contributed by atoms with Crippen molar-refractivity contribution in [3.8, 4) is 5.75 Å². The standard InChI is InChI=1S/C24H31N3O2/c1-5-22(28)25-19(4)24-26-20-13-6-7-14-21(20)27(24)15-8-9-16-29-23-17(2)11-10-12-18(23)3/h6-7,10-14,19H,5,8-9,15-16H2,1-4H3,(H,25,28). The van der Waals surface area contributed by atoms with Crippen molar-refractivity contribution < 1.29 is 9.53 Å². The summed E-state index contributed by atoms with van der Waals surface area (Å²) in [4.78, 5) is 16.6. The topological polar surface area (TPSA) is 56.2 Å². The lowest BCUT2D eigenvalue weighted by Gasteiger charge is -2.16. The molecule has 5 heteroatoms. The molecular formula is C24H31N3O2. The van der Waals surface area contributed by atoms with Crippen LogP contribution in [0, 0.1) is 13.8 Å². The maximum Gasteiger partial charge on any atom is 0.220 e. The van der Waals surface area contributed by atoms with E-state index in [0.717, 1.165) is 42.0 Å². The van der Waals surface area contributed by atoms with Gasteiger partial charge in [0.15, 0.2) is 0 Å². The van der Waals surface area contributed by atoms with Crippen molar-refractivity contribution >= 4 is 16.9 Å². The minimum absolute atomic E-state index is 0.0399. The maximum absolute atomic E-state index is 11.8. The Balaban J connectivity index is 1.66. The molecule has 0 spiro atoms. The summed E-state index contributed by atoms with van der Waals surface area (Å²) in [7, 11) is 0. The van der Waals surface area contributed by atoms with Crippen molar-refractivity contribution in [3.05, 3.63) is 59.4 Å². The second kappa shape index (κ2) is 9.59. The Bertz CT molecular complexity index is 957. The summed E-state index contributed by atoms with van der Waals surface area (Å²) < 4.78 is 8.27. The number of ether oxygens (including phenoxy) is 1. The molecule has 3 rings (SSSR count). The highest BCUT2D eigenvalue weighted by atomic mass is 16.5. The van der Waals surface area contributed by atoms with Gasteiger partial charge >= 0.3 is 0 Å². The number of imidazole rings is 1. The molecule has 1 N–H and O–H groups in total. The molecule has 0 fully saturated rings. The number of nitrogens with zero attached hydrogens (tertiary/aromatic N) is 2. The van der Waals surface area contributed by atoms with Crippen LogP contribution in [0.3, 0.4) is 0 Å². The Kier molecular flexibility index (Phi) is 6.91. The van der Waals surface area contributed by atoms with E-state index in [-0.39, 0.29) is 11.9 Å². The number of aromatic nitrogens is 2. The molecule has 0 aliphatic rings. The van der Waals surface area contributed by atoms with E-state index in [4.69, 9.17) is 9.72 Å². The summed E-state index contributed by atoms with van der Waals surface area (Å²) in [5.41, 5.74) is 4.42. The highest BCUT2D eigenvalue weighted by Gasteiger charge is 2.17.